The number of nitrogens with one attached hydrogen (secondary N) is 2. The van der Waals surface area contributed by atoms with E-state index in [4.69, 9.17) is 5.73 Å². The highest BCUT2D eigenvalue weighted by atomic mass is 16.6. The van der Waals surface area contributed by atoms with Crippen LogP contribution in [0.25, 0.3) is 22.3 Å². The van der Waals surface area contributed by atoms with Gasteiger partial charge in [0.15, 0.2) is 0 Å². The van der Waals surface area contributed by atoms with Crippen LogP contribution in [0.5, 0.6) is 0 Å². The molecular formula is C18H16N6O2. The van der Waals surface area contributed by atoms with Crippen molar-refractivity contribution in [3.05, 3.63) is 83.4 Å². The van der Waals surface area contributed by atoms with Crippen LogP contribution in [0.4, 0.5) is 11.4 Å². The van der Waals surface area contributed by atoms with E-state index in [1.807, 2.05) is 30.5 Å². The van der Waals surface area contributed by atoms with Gasteiger partial charge < -0.3 is 5.73 Å². The molecule has 4 aromatic rings. The third-order valence-electron chi connectivity index (χ3n) is 3.65. The van der Waals surface area contributed by atoms with E-state index in [0.29, 0.717) is 0 Å². The Balaban J connectivity index is 0.000000152. The number of rotatable bonds is 3. The molecule has 8 nitrogen and oxygen atoms in total. The molecule has 2 aromatic carbocycles. The number of nitrogens with two attached hydrogens (primary N) is 1. The van der Waals surface area contributed by atoms with Gasteiger partial charge in [-0.15, -0.1) is 0 Å². The Morgan fingerprint density at radius 1 is 0.769 bits per heavy atom. The lowest BCUT2D eigenvalue weighted by atomic mass is 10.1. The number of nitrogen functional groups attached to an aromatic ring is 1. The first-order valence-electron chi connectivity index (χ1n) is 7.72. The molecule has 0 bridgehead atoms. The Morgan fingerprint density at radius 3 is 1.62 bits per heavy atom. The molecule has 8 heteroatoms. The van der Waals surface area contributed by atoms with Crippen molar-refractivity contribution < 1.29 is 4.92 Å². The highest BCUT2D eigenvalue weighted by Crippen LogP contribution is 2.21. The van der Waals surface area contributed by atoms with Crippen molar-refractivity contribution in [2.45, 2.75) is 0 Å². The van der Waals surface area contributed by atoms with Gasteiger partial charge in [0.05, 0.1) is 17.3 Å². The third-order valence-corrected chi connectivity index (χ3v) is 3.65. The topological polar surface area (TPSA) is 127 Å². The Bertz CT molecular complexity index is 946. The second-order valence-electron chi connectivity index (χ2n) is 5.40. The lowest BCUT2D eigenvalue weighted by Gasteiger charge is -1.96. The highest BCUT2D eigenvalue weighted by Gasteiger charge is 2.05. The first kappa shape index (κ1) is 16.9. The minimum absolute atomic E-state index is 0.0947. The number of aromatic nitrogens is 4. The molecule has 0 amide bonds. The molecule has 0 radical (unpaired) electrons. The quantitative estimate of drug-likeness (QED) is 0.296. The lowest BCUT2D eigenvalue weighted by Crippen LogP contribution is -1.86. The Hall–Kier alpha value is -3.94. The lowest BCUT2D eigenvalue weighted by molar-refractivity contribution is -0.384. The summed E-state index contributed by atoms with van der Waals surface area (Å²) in [7, 11) is 0. The van der Waals surface area contributed by atoms with Gasteiger partial charge in [0, 0.05) is 41.3 Å². The zero-order valence-corrected chi connectivity index (χ0v) is 13.7. The van der Waals surface area contributed by atoms with E-state index in [1.165, 1.54) is 12.1 Å². The molecule has 0 unspecified atom stereocenters. The molecule has 0 fully saturated rings. The largest absolute Gasteiger partial charge is 0.399 e. The van der Waals surface area contributed by atoms with Gasteiger partial charge in [-0.3, -0.25) is 20.3 Å². The molecule has 0 spiro atoms. The van der Waals surface area contributed by atoms with Gasteiger partial charge in [-0.2, -0.15) is 10.2 Å². The van der Waals surface area contributed by atoms with Crippen LogP contribution in [-0.2, 0) is 0 Å². The van der Waals surface area contributed by atoms with Crippen molar-refractivity contribution in [2.24, 2.45) is 0 Å². The van der Waals surface area contributed by atoms with E-state index in [0.717, 1.165) is 27.9 Å². The summed E-state index contributed by atoms with van der Waals surface area (Å²) in [4.78, 5) is 9.97. The average Bonchev–Trinajstić information content (AvgIpc) is 3.37. The number of nitro benzene ring substituents is 1. The summed E-state index contributed by atoms with van der Waals surface area (Å²) in [6.45, 7) is 0. The molecular weight excluding hydrogens is 332 g/mol. The molecule has 26 heavy (non-hydrogen) atoms. The molecule has 0 atom stereocenters. The number of nitrogens with zero attached hydrogens (tertiary/aromatic N) is 3. The molecule has 130 valence electrons. The van der Waals surface area contributed by atoms with Crippen molar-refractivity contribution in [3.63, 3.8) is 0 Å². The van der Waals surface area contributed by atoms with Gasteiger partial charge in [0.25, 0.3) is 5.69 Å². The fourth-order valence-corrected chi connectivity index (χ4v) is 2.27. The van der Waals surface area contributed by atoms with Crippen molar-refractivity contribution in [1.82, 2.24) is 20.4 Å². The number of benzene rings is 2. The monoisotopic (exact) mass is 348 g/mol. The number of hydrogen-bond donors (Lipinski definition) is 3. The van der Waals surface area contributed by atoms with Gasteiger partial charge in [-0.25, -0.2) is 0 Å². The maximum absolute atomic E-state index is 10.4. The van der Waals surface area contributed by atoms with Gasteiger partial charge in [0.2, 0.25) is 0 Å². The minimum Gasteiger partial charge on any atom is -0.399 e. The van der Waals surface area contributed by atoms with E-state index in [9.17, 15) is 10.1 Å². The number of anilines is 1. The van der Waals surface area contributed by atoms with Crippen LogP contribution in [0.3, 0.4) is 0 Å². The van der Waals surface area contributed by atoms with E-state index in [1.54, 1.807) is 30.7 Å². The van der Waals surface area contributed by atoms with Crippen LogP contribution in [0, 0.1) is 10.1 Å². The molecule has 0 saturated heterocycles. The molecule has 0 aliphatic rings. The molecule has 0 saturated carbocycles. The molecule has 2 heterocycles. The Morgan fingerprint density at radius 2 is 1.23 bits per heavy atom. The van der Waals surface area contributed by atoms with E-state index in [-0.39, 0.29) is 5.69 Å². The number of non-ortho nitro benzene ring substituents is 1. The average molecular weight is 348 g/mol. The maximum Gasteiger partial charge on any atom is 0.269 e. The van der Waals surface area contributed by atoms with Crippen LogP contribution in [-0.4, -0.2) is 25.3 Å². The van der Waals surface area contributed by atoms with Crippen LogP contribution in [0.1, 0.15) is 0 Å². The molecule has 4 N–H and O–H groups in total. The standard InChI is InChI=1S/C9H7N3O2.C9H9N3/c13-12(14)9-3-1-7(2-4-9)8-5-10-11-6-8;10-9-3-1-7(2-4-9)8-5-11-12-6-8/h1-6H,(H,10,11);1-6H,10H2,(H,11,12). The summed E-state index contributed by atoms with van der Waals surface area (Å²) in [6, 6.07) is 14.0. The predicted molar refractivity (Wildman–Crippen MR) is 99.1 cm³/mol. The molecule has 0 aliphatic carbocycles. The zero-order valence-electron chi connectivity index (χ0n) is 13.7. The second kappa shape index (κ2) is 7.75. The van der Waals surface area contributed by atoms with E-state index >= 15 is 0 Å². The SMILES string of the molecule is Nc1ccc(-c2cn[nH]c2)cc1.O=[N+]([O-])c1ccc(-c2cn[nH]c2)cc1. The number of nitro groups is 1. The fraction of sp³-hybridized carbons (Fsp3) is 0. The van der Waals surface area contributed by atoms with Crippen LogP contribution < -0.4 is 5.73 Å². The summed E-state index contributed by atoms with van der Waals surface area (Å²) in [5, 5.41) is 23.5. The first-order valence-corrected chi connectivity index (χ1v) is 7.72. The number of hydrogen-bond acceptors (Lipinski definition) is 5. The molecule has 2 aromatic heterocycles. The third kappa shape index (κ3) is 4.12. The minimum atomic E-state index is -0.418. The summed E-state index contributed by atoms with van der Waals surface area (Å²) in [5.41, 5.74) is 10.5. The van der Waals surface area contributed by atoms with Gasteiger partial charge in [-0.1, -0.05) is 12.1 Å². The second-order valence-corrected chi connectivity index (χ2v) is 5.40. The van der Waals surface area contributed by atoms with Crippen molar-refractivity contribution >= 4 is 11.4 Å². The summed E-state index contributed by atoms with van der Waals surface area (Å²) < 4.78 is 0. The predicted octanol–water partition coefficient (Wildman–Crippen LogP) is 3.64. The van der Waals surface area contributed by atoms with Crippen molar-refractivity contribution in [3.8, 4) is 22.3 Å². The van der Waals surface area contributed by atoms with E-state index < -0.39 is 4.92 Å². The summed E-state index contributed by atoms with van der Waals surface area (Å²) in [5.74, 6) is 0. The zero-order chi connectivity index (χ0) is 18.4. The smallest absolute Gasteiger partial charge is 0.269 e. The molecule has 0 aliphatic heterocycles. The first-order chi connectivity index (χ1) is 12.6. The van der Waals surface area contributed by atoms with Crippen molar-refractivity contribution in [2.75, 3.05) is 5.73 Å². The van der Waals surface area contributed by atoms with Crippen LogP contribution in [0.15, 0.2) is 73.3 Å². The Kier molecular flexibility index (Phi) is 5.04. The summed E-state index contributed by atoms with van der Waals surface area (Å²) in [6.07, 6.45) is 7.04. The van der Waals surface area contributed by atoms with Crippen molar-refractivity contribution in [1.29, 1.82) is 0 Å². The normalized spacial score (nSPS) is 10.0. The van der Waals surface area contributed by atoms with Gasteiger partial charge in [0.1, 0.15) is 0 Å². The molecule has 4 rings (SSSR count). The van der Waals surface area contributed by atoms with Gasteiger partial charge in [-0.05, 0) is 35.4 Å². The number of aromatic amines is 2. The van der Waals surface area contributed by atoms with E-state index in [2.05, 4.69) is 20.4 Å². The Labute approximate surface area is 148 Å². The van der Waals surface area contributed by atoms with Crippen LogP contribution >= 0.6 is 0 Å². The number of H-pyrrole nitrogens is 2. The fourth-order valence-electron chi connectivity index (χ4n) is 2.27. The van der Waals surface area contributed by atoms with Crippen LogP contribution in [0.2, 0.25) is 0 Å². The maximum atomic E-state index is 10.4. The summed E-state index contributed by atoms with van der Waals surface area (Å²) >= 11 is 0. The van der Waals surface area contributed by atoms with Gasteiger partial charge >= 0.3 is 0 Å². The highest BCUT2D eigenvalue weighted by molar-refractivity contribution is 5.64.